The van der Waals surface area contributed by atoms with Crippen LogP contribution in [0.2, 0.25) is 0 Å². The van der Waals surface area contributed by atoms with E-state index in [2.05, 4.69) is 5.32 Å². The maximum Gasteiger partial charge on any atom is 0.337 e. The van der Waals surface area contributed by atoms with E-state index < -0.39 is 0 Å². The van der Waals surface area contributed by atoms with E-state index in [1.165, 1.54) is 31.0 Å². The number of hydrogen-bond acceptors (Lipinski definition) is 4. The van der Waals surface area contributed by atoms with Crippen molar-refractivity contribution in [2.24, 2.45) is 0 Å². The van der Waals surface area contributed by atoms with Crippen molar-refractivity contribution in [3.8, 4) is 0 Å². The lowest BCUT2D eigenvalue weighted by molar-refractivity contribution is -0.120. The van der Waals surface area contributed by atoms with E-state index in [1.54, 1.807) is 30.3 Å². The first kappa shape index (κ1) is 19.0. The molecule has 2 aromatic carbocycles. The number of carbonyl (C=O) groups is 2. The highest BCUT2D eigenvalue weighted by Gasteiger charge is 2.14. The molecule has 0 spiro atoms. The van der Waals surface area contributed by atoms with Gasteiger partial charge in [-0.1, -0.05) is 24.3 Å². The third-order valence-corrected chi connectivity index (χ3v) is 4.81. The van der Waals surface area contributed by atoms with Crippen LogP contribution in [0, 0.1) is 5.82 Å². The summed E-state index contributed by atoms with van der Waals surface area (Å²) in [6.45, 7) is 2.19. The number of esters is 1. The summed E-state index contributed by atoms with van der Waals surface area (Å²) in [6.07, 6.45) is 0. The van der Waals surface area contributed by atoms with Crippen LogP contribution in [0.25, 0.3) is 0 Å². The Kier molecular flexibility index (Phi) is 7.01. The molecule has 0 heterocycles. The van der Waals surface area contributed by atoms with E-state index in [9.17, 15) is 14.0 Å². The lowest BCUT2D eigenvalue weighted by atomic mass is 10.1. The summed E-state index contributed by atoms with van der Waals surface area (Å²) in [5.41, 5.74) is 2.29. The van der Waals surface area contributed by atoms with Crippen molar-refractivity contribution in [1.82, 2.24) is 5.32 Å². The molecule has 132 valence electrons. The third-order valence-electron chi connectivity index (χ3n) is 3.60. The van der Waals surface area contributed by atoms with Gasteiger partial charge in [-0.2, -0.15) is 0 Å². The predicted octanol–water partition coefficient (Wildman–Crippen LogP) is 3.55. The van der Waals surface area contributed by atoms with Gasteiger partial charge in [0.25, 0.3) is 0 Å². The third kappa shape index (κ3) is 5.90. The highest BCUT2D eigenvalue weighted by molar-refractivity contribution is 7.99. The molecule has 0 bridgehead atoms. The van der Waals surface area contributed by atoms with Gasteiger partial charge < -0.3 is 10.1 Å². The van der Waals surface area contributed by atoms with Gasteiger partial charge in [0, 0.05) is 12.3 Å². The molecule has 0 fully saturated rings. The highest BCUT2D eigenvalue weighted by atomic mass is 32.2. The standard InChI is InChI=1S/C19H20FNO3S/c1-13(18(22)21-11-14-6-8-17(20)9-7-14)25-12-15-4-3-5-16(10-15)19(23)24-2/h3-10,13H,11-12H2,1-2H3,(H,21,22). The molecule has 0 saturated carbocycles. The van der Waals surface area contributed by atoms with E-state index in [-0.39, 0.29) is 22.9 Å². The smallest absolute Gasteiger partial charge is 0.337 e. The summed E-state index contributed by atoms with van der Waals surface area (Å²) in [5, 5.41) is 2.59. The molecular weight excluding hydrogens is 341 g/mol. The van der Waals surface area contributed by atoms with Gasteiger partial charge in [-0.25, -0.2) is 9.18 Å². The Bertz CT molecular complexity index is 734. The van der Waals surface area contributed by atoms with Gasteiger partial charge in [-0.05, 0) is 42.3 Å². The summed E-state index contributed by atoms with van der Waals surface area (Å²) in [7, 11) is 1.34. The minimum absolute atomic E-state index is 0.0848. The molecular formula is C19H20FNO3S. The summed E-state index contributed by atoms with van der Waals surface area (Å²) in [4.78, 5) is 23.7. The van der Waals surface area contributed by atoms with Crippen LogP contribution in [0.3, 0.4) is 0 Å². The summed E-state index contributed by atoms with van der Waals surface area (Å²) < 4.78 is 17.6. The molecule has 4 nitrogen and oxygen atoms in total. The highest BCUT2D eigenvalue weighted by Crippen LogP contribution is 2.19. The van der Waals surface area contributed by atoms with Crippen molar-refractivity contribution in [2.45, 2.75) is 24.5 Å². The van der Waals surface area contributed by atoms with Crippen LogP contribution < -0.4 is 5.32 Å². The van der Waals surface area contributed by atoms with E-state index >= 15 is 0 Å². The molecule has 1 atom stereocenters. The average Bonchev–Trinajstić information content (AvgIpc) is 2.64. The van der Waals surface area contributed by atoms with Gasteiger partial charge >= 0.3 is 5.97 Å². The number of thioether (sulfide) groups is 1. The molecule has 1 amide bonds. The molecule has 0 aliphatic rings. The molecule has 25 heavy (non-hydrogen) atoms. The Morgan fingerprint density at radius 2 is 1.88 bits per heavy atom. The number of methoxy groups -OCH3 is 1. The Morgan fingerprint density at radius 3 is 2.56 bits per heavy atom. The van der Waals surface area contributed by atoms with Crippen molar-refractivity contribution < 1.29 is 18.7 Å². The van der Waals surface area contributed by atoms with Crippen molar-refractivity contribution in [3.63, 3.8) is 0 Å². The lowest BCUT2D eigenvalue weighted by Gasteiger charge is -2.12. The van der Waals surface area contributed by atoms with E-state index in [4.69, 9.17) is 4.74 Å². The molecule has 2 aromatic rings. The monoisotopic (exact) mass is 361 g/mol. The maximum absolute atomic E-state index is 12.9. The lowest BCUT2D eigenvalue weighted by Crippen LogP contribution is -2.30. The predicted molar refractivity (Wildman–Crippen MR) is 96.8 cm³/mol. The number of rotatable bonds is 7. The van der Waals surface area contributed by atoms with Crippen LogP contribution in [0.1, 0.15) is 28.4 Å². The number of benzene rings is 2. The zero-order valence-electron chi connectivity index (χ0n) is 14.1. The summed E-state index contributed by atoms with van der Waals surface area (Å²) >= 11 is 1.48. The maximum atomic E-state index is 12.9. The number of carbonyl (C=O) groups excluding carboxylic acids is 2. The molecule has 0 saturated heterocycles. The average molecular weight is 361 g/mol. The Hall–Kier alpha value is -2.34. The molecule has 0 aromatic heterocycles. The second-order valence-electron chi connectivity index (χ2n) is 5.49. The van der Waals surface area contributed by atoms with Crippen molar-refractivity contribution in [2.75, 3.05) is 7.11 Å². The van der Waals surface area contributed by atoms with Crippen LogP contribution in [0.5, 0.6) is 0 Å². The zero-order valence-corrected chi connectivity index (χ0v) is 14.9. The van der Waals surface area contributed by atoms with E-state index in [0.717, 1.165) is 11.1 Å². The molecule has 1 unspecified atom stereocenters. The van der Waals surface area contributed by atoms with Gasteiger partial charge in [0.05, 0.1) is 17.9 Å². The molecule has 0 aliphatic carbocycles. The number of hydrogen-bond donors (Lipinski definition) is 1. The van der Waals surface area contributed by atoms with Gasteiger partial charge in [-0.15, -0.1) is 11.8 Å². The minimum Gasteiger partial charge on any atom is -0.465 e. The number of halogens is 1. The van der Waals surface area contributed by atoms with E-state index in [1.807, 2.05) is 13.0 Å². The number of amides is 1. The van der Waals surface area contributed by atoms with Crippen LogP contribution in [-0.4, -0.2) is 24.2 Å². The Morgan fingerprint density at radius 1 is 1.16 bits per heavy atom. The Labute approximate surface area is 150 Å². The molecule has 0 radical (unpaired) electrons. The van der Waals surface area contributed by atoms with Crippen molar-refractivity contribution >= 4 is 23.6 Å². The number of ether oxygens (including phenoxy) is 1. The van der Waals surface area contributed by atoms with Gasteiger partial charge in [-0.3, -0.25) is 4.79 Å². The summed E-state index contributed by atoms with van der Waals surface area (Å²) in [6, 6.07) is 13.2. The van der Waals surface area contributed by atoms with Crippen LogP contribution in [-0.2, 0) is 21.8 Å². The van der Waals surface area contributed by atoms with Crippen molar-refractivity contribution in [1.29, 1.82) is 0 Å². The van der Waals surface area contributed by atoms with Gasteiger partial charge in [0.15, 0.2) is 0 Å². The van der Waals surface area contributed by atoms with Gasteiger partial charge in [0.2, 0.25) is 5.91 Å². The molecule has 6 heteroatoms. The first-order valence-electron chi connectivity index (χ1n) is 7.80. The normalized spacial score (nSPS) is 11.6. The van der Waals surface area contributed by atoms with Gasteiger partial charge in [0.1, 0.15) is 5.82 Å². The molecule has 2 rings (SSSR count). The second-order valence-corrected chi connectivity index (χ2v) is 6.82. The molecule has 1 N–H and O–H groups in total. The van der Waals surface area contributed by atoms with Crippen molar-refractivity contribution in [3.05, 3.63) is 71.0 Å². The minimum atomic E-state index is -0.378. The topological polar surface area (TPSA) is 55.4 Å². The fourth-order valence-electron chi connectivity index (χ4n) is 2.14. The summed E-state index contributed by atoms with van der Waals surface area (Å²) in [5.74, 6) is -0.153. The first-order chi connectivity index (χ1) is 12.0. The fourth-order valence-corrected chi connectivity index (χ4v) is 2.99. The van der Waals surface area contributed by atoms with Crippen LogP contribution in [0.15, 0.2) is 48.5 Å². The quantitative estimate of drug-likeness (QED) is 0.767. The second kappa shape index (κ2) is 9.22. The van der Waals surface area contributed by atoms with E-state index in [0.29, 0.717) is 17.9 Å². The fraction of sp³-hybridized carbons (Fsp3) is 0.263. The largest absolute Gasteiger partial charge is 0.465 e. The number of nitrogens with one attached hydrogen (secondary N) is 1. The van der Waals surface area contributed by atoms with Crippen LogP contribution in [0.4, 0.5) is 4.39 Å². The van der Waals surface area contributed by atoms with Crippen LogP contribution >= 0.6 is 11.8 Å². The molecule has 0 aliphatic heterocycles. The zero-order chi connectivity index (χ0) is 18.2. The first-order valence-corrected chi connectivity index (χ1v) is 8.85. The SMILES string of the molecule is COC(=O)c1cccc(CSC(C)C(=O)NCc2ccc(F)cc2)c1. The Balaban J connectivity index is 1.83.